The lowest BCUT2D eigenvalue weighted by Gasteiger charge is -2.08. The number of hydrogen-bond acceptors (Lipinski definition) is 4. The maximum Gasteiger partial charge on any atom is 0.407 e. The first-order valence-corrected chi connectivity index (χ1v) is 5.76. The molecule has 100 valence electrons. The van der Waals surface area contributed by atoms with Gasteiger partial charge in [0.25, 0.3) is 0 Å². The molecule has 0 unspecified atom stereocenters. The van der Waals surface area contributed by atoms with E-state index in [4.69, 9.17) is 14.2 Å². The van der Waals surface area contributed by atoms with E-state index in [2.05, 4.69) is 5.32 Å². The van der Waals surface area contributed by atoms with E-state index in [0.29, 0.717) is 13.2 Å². The van der Waals surface area contributed by atoms with Gasteiger partial charge in [-0.05, 0) is 18.1 Å². The third-order valence-electron chi connectivity index (χ3n) is 2.34. The lowest BCUT2D eigenvalue weighted by Crippen LogP contribution is -2.28. The maximum atomic E-state index is 11.3. The molecule has 0 radical (unpaired) electrons. The van der Waals surface area contributed by atoms with Gasteiger partial charge in [-0.2, -0.15) is 0 Å². The fraction of sp³-hybridized carbons (Fsp3) is 0.462. The van der Waals surface area contributed by atoms with E-state index < -0.39 is 6.09 Å². The van der Waals surface area contributed by atoms with Gasteiger partial charge in [0.1, 0.15) is 13.4 Å². The van der Waals surface area contributed by atoms with Crippen molar-refractivity contribution in [3.05, 3.63) is 35.4 Å². The standard InChI is InChI=1S/C13H19NO4/c1-11-5-3-4-6-12(11)9-18-13(15)14-7-8-17-10-16-2/h3-6H,7-10H2,1-2H3,(H,14,15). The minimum absolute atomic E-state index is 0.222. The molecule has 1 aromatic rings. The van der Waals surface area contributed by atoms with Gasteiger partial charge in [0.2, 0.25) is 0 Å². The van der Waals surface area contributed by atoms with Crippen LogP contribution in [0.15, 0.2) is 24.3 Å². The predicted molar refractivity (Wildman–Crippen MR) is 67.2 cm³/mol. The number of methoxy groups -OCH3 is 1. The summed E-state index contributed by atoms with van der Waals surface area (Å²) >= 11 is 0. The number of amides is 1. The molecule has 0 saturated heterocycles. The fourth-order valence-corrected chi connectivity index (χ4v) is 1.33. The quantitative estimate of drug-likeness (QED) is 0.595. The van der Waals surface area contributed by atoms with Gasteiger partial charge in [-0.25, -0.2) is 4.79 Å². The average Bonchev–Trinajstić information content (AvgIpc) is 2.37. The monoisotopic (exact) mass is 253 g/mol. The first-order chi connectivity index (χ1) is 8.74. The highest BCUT2D eigenvalue weighted by Crippen LogP contribution is 2.07. The number of aryl methyl sites for hydroxylation is 1. The summed E-state index contributed by atoms with van der Waals surface area (Å²) < 4.78 is 14.8. The van der Waals surface area contributed by atoms with Crippen LogP contribution >= 0.6 is 0 Å². The molecule has 1 amide bonds. The SMILES string of the molecule is COCOCCNC(=O)OCc1ccccc1C. The molecule has 0 heterocycles. The van der Waals surface area contributed by atoms with Crippen molar-refractivity contribution in [1.82, 2.24) is 5.32 Å². The van der Waals surface area contributed by atoms with Crippen molar-refractivity contribution in [1.29, 1.82) is 0 Å². The second kappa shape index (κ2) is 8.49. The fourth-order valence-electron chi connectivity index (χ4n) is 1.33. The Morgan fingerprint density at radius 2 is 2.11 bits per heavy atom. The third-order valence-corrected chi connectivity index (χ3v) is 2.34. The van der Waals surface area contributed by atoms with Gasteiger partial charge in [-0.15, -0.1) is 0 Å². The van der Waals surface area contributed by atoms with Crippen LogP contribution in [0.4, 0.5) is 4.79 Å². The second-order valence-corrected chi connectivity index (χ2v) is 3.74. The van der Waals surface area contributed by atoms with Crippen LogP contribution in [-0.2, 0) is 20.8 Å². The third kappa shape index (κ3) is 5.65. The Labute approximate surface area is 107 Å². The van der Waals surface area contributed by atoms with Gasteiger partial charge in [0, 0.05) is 13.7 Å². The van der Waals surface area contributed by atoms with Gasteiger partial charge >= 0.3 is 6.09 Å². The molecule has 1 aromatic carbocycles. The van der Waals surface area contributed by atoms with Crippen LogP contribution in [0.2, 0.25) is 0 Å². The topological polar surface area (TPSA) is 56.8 Å². The lowest BCUT2D eigenvalue weighted by molar-refractivity contribution is -0.0288. The number of benzene rings is 1. The van der Waals surface area contributed by atoms with E-state index in [1.54, 1.807) is 7.11 Å². The van der Waals surface area contributed by atoms with Gasteiger partial charge < -0.3 is 19.5 Å². The Hall–Kier alpha value is -1.59. The second-order valence-electron chi connectivity index (χ2n) is 3.74. The number of nitrogens with one attached hydrogen (secondary N) is 1. The number of carbonyl (C=O) groups is 1. The Bertz CT molecular complexity index is 368. The van der Waals surface area contributed by atoms with Crippen LogP contribution in [0.25, 0.3) is 0 Å². The minimum atomic E-state index is -0.445. The van der Waals surface area contributed by atoms with E-state index >= 15 is 0 Å². The summed E-state index contributed by atoms with van der Waals surface area (Å²) in [5.74, 6) is 0. The maximum absolute atomic E-state index is 11.3. The van der Waals surface area contributed by atoms with Crippen molar-refractivity contribution in [2.75, 3.05) is 27.1 Å². The van der Waals surface area contributed by atoms with E-state index in [0.717, 1.165) is 11.1 Å². The zero-order valence-electron chi connectivity index (χ0n) is 10.8. The summed E-state index contributed by atoms with van der Waals surface area (Å²) in [7, 11) is 1.55. The molecule has 5 nitrogen and oxygen atoms in total. The molecule has 0 spiro atoms. The van der Waals surface area contributed by atoms with Crippen LogP contribution in [0.3, 0.4) is 0 Å². The molecule has 0 aromatic heterocycles. The van der Waals surface area contributed by atoms with Crippen molar-refractivity contribution in [2.45, 2.75) is 13.5 Å². The van der Waals surface area contributed by atoms with E-state index in [1.165, 1.54) is 0 Å². The normalized spacial score (nSPS) is 10.1. The zero-order chi connectivity index (χ0) is 13.2. The molecule has 0 saturated carbocycles. The minimum Gasteiger partial charge on any atom is -0.445 e. The molecule has 18 heavy (non-hydrogen) atoms. The van der Waals surface area contributed by atoms with Crippen LogP contribution in [0.1, 0.15) is 11.1 Å². The number of ether oxygens (including phenoxy) is 3. The van der Waals surface area contributed by atoms with Crippen molar-refractivity contribution < 1.29 is 19.0 Å². The molecule has 0 bridgehead atoms. The Kier molecular flexibility index (Phi) is 6.83. The molecule has 5 heteroatoms. The predicted octanol–water partition coefficient (Wildman–Crippen LogP) is 1.84. The molecule has 0 atom stereocenters. The largest absolute Gasteiger partial charge is 0.445 e. The van der Waals surface area contributed by atoms with Crippen LogP contribution in [0, 0.1) is 6.92 Å². The highest BCUT2D eigenvalue weighted by Gasteiger charge is 2.03. The van der Waals surface area contributed by atoms with Crippen molar-refractivity contribution in [3.63, 3.8) is 0 Å². The molecular weight excluding hydrogens is 234 g/mol. The summed E-state index contributed by atoms with van der Waals surface area (Å²) in [6.07, 6.45) is -0.445. The summed E-state index contributed by atoms with van der Waals surface area (Å²) in [5.41, 5.74) is 2.11. The summed E-state index contributed by atoms with van der Waals surface area (Å²) in [5, 5.41) is 2.59. The molecule has 0 fully saturated rings. The van der Waals surface area contributed by atoms with E-state index in [-0.39, 0.29) is 13.4 Å². The average molecular weight is 253 g/mol. The van der Waals surface area contributed by atoms with Crippen molar-refractivity contribution in [2.24, 2.45) is 0 Å². The Balaban J connectivity index is 2.15. The highest BCUT2D eigenvalue weighted by atomic mass is 16.7. The van der Waals surface area contributed by atoms with Crippen molar-refractivity contribution >= 4 is 6.09 Å². The smallest absolute Gasteiger partial charge is 0.407 e. The summed E-state index contributed by atoms with van der Waals surface area (Å²) in [6, 6.07) is 7.79. The molecule has 1 N–H and O–H groups in total. The summed E-state index contributed by atoms with van der Waals surface area (Å²) in [6.45, 7) is 3.27. The number of hydrogen-bond donors (Lipinski definition) is 1. The van der Waals surface area contributed by atoms with Crippen LogP contribution in [0.5, 0.6) is 0 Å². The van der Waals surface area contributed by atoms with Crippen molar-refractivity contribution in [3.8, 4) is 0 Å². The lowest BCUT2D eigenvalue weighted by atomic mass is 10.1. The molecule has 0 aliphatic carbocycles. The van der Waals surface area contributed by atoms with E-state index in [1.807, 2.05) is 31.2 Å². The zero-order valence-corrected chi connectivity index (χ0v) is 10.8. The van der Waals surface area contributed by atoms with Gasteiger partial charge in [-0.1, -0.05) is 24.3 Å². The molecule has 0 aliphatic heterocycles. The van der Waals surface area contributed by atoms with Gasteiger partial charge in [-0.3, -0.25) is 0 Å². The number of alkyl carbamates (subject to hydrolysis) is 1. The van der Waals surface area contributed by atoms with E-state index in [9.17, 15) is 4.79 Å². The van der Waals surface area contributed by atoms with Gasteiger partial charge in [0.15, 0.2) is 0 Å². The van der Waals surface area contributed by atoms with Gasteiger partial charge in [0.05, 0.1) is 6.61 Å². The summed E-state index contributed by atoms with van der Waals surface area (Å²) in [4.78, 5) is 11.3. The molecule has 1 rings (SSSR count). The van der Waals surface area contributed by atoms with Crippen LogP contribution < -0.4 is 5.32 Å². The molecule has 0 aliphatic rings. The first-order valence-electron chi connectivity index (χ1n) is 5.76. The number of rotatable bonds is 7. The highest BCUT2D eigenvalue weighted by molar-refractivity contribution is 5.67. The number of carbonyl (C=O) groups excluding carboxylic acids is 1. The Morgan fingerprint density at radius 1 is 1.33 bits per heavy atom. The van der Waals surface area contributed by atoms with Crippen LogP contribution in [-0.4, -0.2) is 33.1 Å². The molecular formula is C13H19NO4. The first kappa shape index (κ1) is 14.5. The Morgan fingerprint density at radius 3 is 2.83 bits per heavy atom.